The minimum atomic E-state index is -4.66. The second-order valence-electron chi connectivity index (χ2n) is 7.87. The minimum Gasteiger partial charge on any atom is -0.449 e. The van der Waals surface area contributed by atoms with Crippen molar-refractivity contribution in [1.29, 1.82) is 0 Å². The van der Waals surface area contributed by atoms with Gasteiger partial charge in [-0.3, -0.25) is 23.0 Å². The predicted molar refractivity (Wildman–Crippen MR) is 121 cm³/mol. The molecule has 0 unspecified atom stereocenters. The molecule has 2 aromatic carbocycles. The van der Waals surface area contributed by atoms with Crippen LogP contribution in [0.2, 0.25) is 0 Å². The molecule has 0 atom stereocenters. The van der Waals surface area contributed by atoms with Crippen molar-refractivity contribution in [3.05, 3.63) is 96.7 Å². The molecule has 0 saturated carbocycles. The van der Waals surface area contributed by atoms with Crippen molar-refractivity contribution in [2.75, 3.05) is 0 Å². The number of rotatable bonds is 5. The fourth-order valence-corrected chi connectivity index (χ4v) is 3.71. The first kappa shape index (κ1) is 25.2. The number of hydrogen-bond acceptors (Lipinski definition) is 7. The molecule has 0 fully saturated rings. The van der Waals surface area contributed by atoms with Gasteiger partial charge in [0.1, 0.15) is 0 Å². The molecule has 11 nitrogen and oxygen atoms in total. The number of nitrogens with zero attached hydrogens (tertiary/aromatic N) is 4. The van der Waals surface area contributed by atoms with E-state index in [0.29, 0.717) is 10.1 Å². The van der Waals surface area contributed by atoms with Crippen molar-refractivity contribution >= 4 is 6.16 Å². The monoisotopic (exact) mass is 518 g/mol. The maximum absolute atomic E-state index is 13.4. The molecule has 0 spiro atoms. The lowest BCUT2D eigenvalue weighted by molar-refractivity contribution is -0.138. The van der Waals surface area contributed by atoms with Gasteiger partial charge >= 0.3 is 23.8 Å². The molecule has 0 aliphatic carbocycles. The number of hydrogen-bond donors (Lipinski definition) is 1. The molecule has 0 aliphatic rings. The van der Waals surface area contributed by atoms with Crippen LogP contribution in [0.15, 0.2) is 67.6 Å². The van der Waals surface area contributed by atoms with E-state index in [1.54, 1.807) is 0 Å². The summed E-state index contributed by atoms with van der Waals surface area (Å²) in [7, 11) is 1.44. The highest BCUT2D eigenvalue weighted by Gasteiger charge is 2.33. The Kier molecular flexibility index (Phi) is 6.33. The van der Waals surface area contributed by atoms with Crippen molar-refractivity contribution in [3.63, 3.8) is 0 Å². The van der Waals surface area contributed by atoms with Gasteiger partial charge in [0.25, 0.3) is 5.56 Å². The molecule has 0 radical (unpaired) electrons. The first-order valence-electron chi connectivity index (χ1n) is 10.4. The summed E-state index contributed by atoms with van der Waals surface area (Å²) in [4.78, 5) is 48.8. The minimum absolute atomic E-state index is 0.0235. The Labute approximate surface area is 204 Å². The van der Waals surface area contributed by atoms with Crippen LogP contribution in [-0.4, -0.2) is 30.1 Å². The molecule has 14 heteroatoms. The number of halogens is 3. The number of carbonyl (C=O) groups is 1. The van der Waals surface area contributed by atoms with Gasteiger partial charge in [0.05, 0.1) is 24.0 Å². The van der Waals surface area contributed by atoms with Gasteiger partial charge in [0.15, 0.2) is 5.82 Å². The highest BCUT2D eigenvalue weighted by Crippen LogP contribution is 2.33. The Morgan fingerprint density at radius 2 is 1.78 bits per heavy atom. The van der Waals surface area contributed by atoms with Crippen molar-refractivity contribution in [2.24, 2.45) is 7.05 Å². The Bertz CT molecular complexity index is 1680. The molecule has 0 saturated heterocycles. The predicted octanol–water partition coefficient (Wildman–Crippen LogP) is 2.79. The van der Waals surface area contributed by atoms with E-state index >= 15 is 0 Å². The molecule has 37 heavy (non-hydrogen) atoms. The van der Waals surface area contributed by atoms with E-state index in [1.807, 2.05) is 0 Å². The molecule has 2 heterocycles. The van der Waals surface area contributed by atoms with E-state index < -0.39 is 47.2 Å². The zero-order chi connectivity index (χ0) is 27.1. The van der Waals surface area contributed by atoms with Gasteiger partial charge in [-0.1, -0.05) is 17.3 Å². The van der Waals surface area contributed by atoms with E-state index in [1.165, 1.54) is 44.3 Å². The van der Waals surface area contributed by atoms with Crippen LogP contribution >= 0.6 is 0 Å². The number of carboxylic acid groups (broad SMARTS) is 1. The molecule has 2 aromatic heterocycles. The maximum atomic E-state index is 13.4. The smallest absolute Gasteiger partial charge is 0.449 e. The highest BCUT2D eigenvalue weighted by atomic mass is 19.4. The summed E-state index contributed by atoms with van der Waals surface area (Å²) in [5.41, 5.74) is -2.60. The van der Waals surface area contributed by atoms with Gasteiger partial charge in [0, 0.05) is 12.6 Å². The van der Waals surface area contributed by atoms with E-state index in [-0.39, 0.29) is 22.6 Å². The lowest BCUT2D eigenvalue weighted by Crippen LogP contribution is -2.40. The Hall–Kier alpha value is -4.88. The zero-order valence-electron chi connectivity index (χ0n) is 19.1. The molecule has 0 amide bonds. The number of aromatic nitrogens is 4. The molecule has 192 valence electrons. The van der Waals surface area contributed by atoms with Crippen LogP contribution in [0.25, 0.3) is 17.1 Å². The van der Waals surface area contributed by atoms with Crippen molar-refractivity contribution in [1.82, 2.24) is 18.9 Å². The summed E-state index contributed by atoms with van der Waals surface area (Å²) in [6, 6.07) is 9.16. The van der Waals surface area contributed by atoms with E-state index in [9.17, 15) is 32.3 Å². The van der Waals surface area contributed by atoms with Crippen LogP contribution in [-0.2, 0) is 19.8 Å². The largest absolute Gasteiger partial charge is 0.511 e. The second kappa shape index (κ2) is 9.29. The topological polar surface area (TPSA) is 139 Å². The fraction of sp³-hybridized carbons (Fsp3) is 0.174. The van der Waals surface area contributed by atoms with Gasteiger partial charge in [-0.15, -0.1) is 0 Å². The summed E-state index contributed by atoms with van der Waals surface area (Å²) in [5.74, 6) is -1.23. The van der Waals surface area contributed by atoms with E-state index in [4.69, 9.17) is 5.11 Å². The quantitative estimate of drug-likeness (QED) is 0.398. The first-order chi connectivity index (χ1) is 17.4. The summed E-state index contributed by atoms with van der Waals surface area (Å²) in [5, 5.41) is 12.7. The highest BCUT2D eigenvalue weighted by molar-refractivity contribution is 5.61. The standard InChI is InChI=1S/C23H17F3N4O7/c1-12-14(4-3-5-16(12)23(24,25)26)10-30-19(31)17(36-22(34)35)11-29(20(30)32)15-8-6-13(7-9-15)18-27-37-21(33)28(18)2/h3-9,11H,10H2,1-2H3,(H,34,35). The molecule has 0 aliphatic heterocycles. The van der Waals surface area contributed by atoms with Gasteiger partial charge < -0.3 is 9.84 Å². The molecule has 4 aromatic rings. The molecular weight excluding hydrogens is 501 g/mol. The van der Waals surface area contributed by atoms with E-state index in [0.717, 1.165) is 27.5 Å². The SMILES string of the molecule is Cc1c(Cn2c(=O)c(OC(=O)O)cn(-c3ccc(-c4noc(=O)n4C)cc3)c2=O)cccc1C(F)(F)F. The van der Waals surface area contributed by atoms with Gasteiger partial charge in [-0.05, 0) is 48.4 Å². The van der Waals surface area contributed by atoms with Crippen LogP contribution in [0.1, 0.15) is 16.7 Å². The third kappa shape index (κ3) is 4.80. The normalized spacial score (nSPS) is 11.5. The summed E-state index contributed by atoms with van der Waals surface area (Å²) < 4.78 is 51.8. The maximum Gasteiger partial charge on any atom is 0.511 e. The number of benzene rings is 2. The van der Waals surface area contributed by atoms with Crippen LogP contribution in [0.3, 0.4) is 0 Å². The molecular formula is C23H17F3N4O7. The van der Waals surface area contributed by atoms with Gasteiger partial charge in [-0.2, -0.15) is 13.2 Å². The average Bonchev–Trinajstić information content (AvgIpc) is 3.16. The van der Waals surface area contributed by atoms with Gasteiger partial charge in [0.2, 0.25) is 5.75 Å². The van der Waals surface area contributed by atoms with Crippen molar-refractivity contribution < 1.29 is 32.3 Å². The third-order valence-corrected chi connectivity index (χ3v) is 5.62. The zero-order valence-corrected chi connectivity index (χ0v) is 19.1. The Balaban J connectivity index is 1.85. The lowest BCUT2D eigenvalue weighted by Gasteiger charge is -2.16. The first-order valence-corrected chi connectivity index (χ1v) is 10.4. The molecule has 1 N–H and O–H groups in total. The summed E-state index contributed by atoms with van der Waals surface area (Å²) in [6.07, 6.45) is -5.62. The van der Waals surface area contributed by atoms with E-state index in [2.05, 4.69) is 14.4 Å². The van der Waals surface area contributed by atoms with Crippen molar-refractivity contribution in [3.8, 4) is 22.8 Å². The lowest BCUT2D eigenvalue weighted by atomic mass is 10.0. The van der Waals surface area contributed by atoms with Crippen molar-refractivity contribution in [2.45, 2.75) is 19.6 Å². The summed E-state index contributed by atoms with van der Waals surface area (Å²) in [6.45, 7) is 0.624. The number of alkyl halides is 3. The second-order valence-corrected chi connectivity index (χ2v) is 7.87. The Morgan fingerprint density at radius 3 is 2.35 bits per heavy atom. The Morgan fingerprint density at radius 1 is 1.11 bits per heavy atom. The van der Waals surface area contributed by atoms with Gasteiger partial charge in [-0.25, -0.2) is 14.4 Å². The summed E-state index contributed by atoms with van der Waals surface area (Å²) >= 11 is 0. The van der Waals surface area contributed by atoms with Crippen LogP contribution < -0.4 is 21.7 Å². The van der Waals surface area contributed by atoms with Crippen LogP contribution in [0.4, 0.5) is 18.0 Å². The number of ether oxygens (including phenoxy) is 1. The molecule has 4 rings (SSSR count). The van der Waals surface area contributed by atoms with Crippen LogP contribution in [0.5, 0.6) is 5.75 Å². The molecule has 0 bridgehead atoms. The van der Waals surface area contributed by atoms with Crippen LogP contribution in [0, 0.1) is 6.92 Å². The fourth-order valence-electron chi connectivity index (χ4n) is 3.71. The average molecular weight is 518 g/mol. The third-order valence-electron chi connectivity index (χ3n) is 5.62.